The van der Waals surface area contributed by atoms with Gasteiger partial charge in [0.25, 0.3) is 0 Å². The largest absolute Gasteiger partial charge is 0.468 e. The molecule has 5 nitrogen and oxygen atoms in total. The van der Waals surface area contributed by atoms with Crippen molar-refractivity contribution in [2.45, 2.75) is 26.8 Å². The Morgan fingerprint density at radius 2 is 1.81 bits per heavy atom. The molecule has 1 saturated heterocycles. The number of benzene rings is 1. The Labute approximate surface area is 160 Å². The number of halogens is 1. The smallest absolute Gasteiger partial charge is 0.225 e. The third kappa shape index (κ3) is 4.89. The van der Waals surface area contributed by atoms with Crippen molar-refractivity contribution in [1.82, 2.24) is 10.2 Å². The number of rotatable bonds is 5. The predicted octanol–water partition coefficient (Wildman–Crippen LogP) is 3.44. The molecule has 146 valence electrons. The number of carbonyl (C=O) groups is 1. The van der Waals surface area contributed by atoms with E-state index < -0.39 is 5.41 Å². The van der Waals surface area contributed by atoms with Crippen LogP contribution in [-0.4, -0.2) is 43.5 Å². The highest BCUT2D eigenvalue weighted by Gasteiger charge is 2.29. The molecule has 1 aromatic carbocycles. The fourth-order valence-electron chi connectivity index (χ4n) is 3.29. The molecule has 0 bridgehead atoms. The zero-order valence-electron chi connectivity index (χ0n) is 16.2. The average Bonchev–Trinajstić information content (AvgIpc) is 3.16. The van der Waals surface area contributed by atoms with Gasteiger partial charge in [-0.3, -0.25) is 9.69 Å². The lowest BCUT2D eigenvalue weighted by atomic mass is 9.95. The molecule has 0 saturated carbocycles. The fraction of sp³-hybridized carbons (Fsp3) is 0.476. The van der Waals surface area contributed by atoms with Crippen LogP contribution in [0.2, 0.25) is 0 Å². The normalized spacial score (nSPS) is 17.0. The highest BCUT2D eigenvalue weighted by Crippen LogP contribution is 2.25. The molecule has 1 aromatic heterocycles. The minimum absolute atomic E-state index is 0.00154. The van der Waals surface area contributed by atoms with Gasteiger partial charge in [-0.1, -0.05) is 20.8 Å². The molecule has 1 amide bonds. The van der Waals surface area contributed by atoms with Crippen molar-refractivity contribution in [1.29, 1.82) is 0 Å². The van der Waals surface area contributed by atoms with Gasteiger partial charge in [0, 0.05) is 43.8 Å². The van der Waals surface area contributed by atoms with E-state index in [1.807, 2.05) is 45.0 Å². The molecule has 0 radical (unpaired) electrons. The highest BCUT2D eigenvalue weighted by molar-refractivity contribution is 5.81. The molecule has 0 spiro atoms. The zero-order chi connectivity index (χ0) is 19.4. The van der Waals surface area contributed by atoms with Crippen LogP contribution in [0.15, 0.2) is 47.1 Å². The van der Waals surface area contributed by atoms with Gasteiger partial charge in [0.1, 0.15) is 11.6 Å². The molecule has 2 heterocycles. The predicted molar refractivity (Wildman–Crippen MR) is 104 cm³/mol. The van der Waals surface area contributed by atoms with Crippen LogP contribution in [0.1, 0.15) is 32.6 Å². The van der Waals surface area contributed by atoms with Crippen LogP contribution < -0.4 is 10.2 Å². The van der Waals surface area contributed by atoms with Gasteiger partial charge >= 0.3 is 0 Å². The molecule has 2 aromatic rings. The summed E-state index contributed by atoms with van der Waals surface area (Å²) in [6.07, 6.45) is 1.67. The second kappa shape index (κ2) is 8.13. The fourth-order valence-corrected chi connectivity index (χ4v) is 3.29. The second-order valence-corrected chi connectivity index (χ2v) is 7.99. The summed E-state index contributed by atoms with van der Waals surface area (Å²) in [4.78, 5) is 16.9. The van der Waals surface area contributed by atoms with Crippen molar-refractivity contribution in [3.8, 4) is 0 Å². The zero-order valence-corrected chi connectivity index (χ0v) is 16.2. The molecule has 27 heavy (non-hydrogen) atoms. The molecule has 1 aliphatic heterocycles. The van der Waals surface area contributed by atoms with Crippen molar-refractivity contribution in [3.05, 3.63) is 54.2 Å². The Bertz CT molecular complexity index is 730. The van der Waals surface area contributed by atoms with Crippen molar-refractivity contribution in [2.24, 2.45) is 5.41 Å². The van der Waals surface area contributed by atoms with E-state index in [1.165, 1.54) is 12.1 Å². The number of amides is 1. The Balaban J connectivity index is 1.64. The van der Waals surface area contributed by atoms with Crippen molar-refractivity contribution >= 4 is 11.6 Å². The highest BCUT2D eigenvalue weighted by atomic mass is 19.1. The summed E-state index contributed by atoms with van der Waals surface area (Å²) in [5, 5.41) is 3.06. The first-order valence-corrected chi connectivity index (χ1v) is 9.41. The van der Waals surface area contributed by atoms with Gasteiger partial charge in [0.05, 0.1) is 12.3 Å². The number of piperazine rings is 1. The number of furan rings is 1. The van der Waals surface area contributed by atoms with E-state index in [9.17, 15) is 9.18 Å². The third-order valence-corrected chi connectivity index (χ3v) is 4.96. The molecule has 1 atom stereocenters. The molecule has 1 fully saturated rings. The van der Waals surface area contributed by atoms with Crippen LogP contribution >= 0.6 is 0 Å². The van der Waals surface area contributed by atoms with Crippen LogP contribution in [0, 0.1) is 11.2 Å². The average molecular weight is 373 g/mol. The maximum atomic E-state index is 13.1. The number of carbonyl (C=O) groups excluding carboxylic acids is 1. The standard InChI is InChI=1S/C21H28FN3O2/c1-21(2,3)20(26)23-15-18(19-5-4-14-27-19)25-12-10-24(11-13-25)17-8-6-16(22)7-9-17/h4-9,14,18H,10-13,15H2,1-3H3,(H,23,26). The number of anilines is 1. The van der Waals surface area contributed by atoms with Gasteiger partial charge in [0.15, 0.2) is 0 Å². The van der Waals surface area contributed by atoms with Crippen LogP contribution in [-0.2, 0) is 4.79 Å². The first kappa shape index (κ1) is 19.4. The van der Waals surface area contributed by atoms with Crippen LogP contribution in [0.4, 0.5) is 10.1 Å². The summed E-state index contributed by atoms with van der Waals surface area (Å²) in [7, 11) is 0. The first-order valence-electron chi connectivity index (χ1n) is 9.41. The number of nitrogens with zero attached hydrogens (tertiary/aromatic N) is 2. The Kier molecular flexibility index (Phi) is 5.85. The lowest BCUT2D eigenvalue weighted by molar-refractivity contribution is -0.128. The SMILES string of the molecule is CC(C)(C)C(=O)NCC(c1ccco1)N1CCN(c2ccc(F)cc2)CC1. The number of nitrogens with one attached hydrogen (secondary N) is 1. The van der Waals surface area contributed by atoms with Gasteiger partial charge in [-0.25, -0.2) is 4.39 Å². The van der Waals surface area contributed by atoms with Gasteiger partial charge < -0.3 is 14.6 Å². The van der Waals surface area contributed by atoms with E-state index in [1.54, 1.807) is 6.26 Å². The Hall–Kier alpha value is -2.34. The topological polar surface area (TPSA) is 48.7 Å². The Morgan fingerprint density at radius 1 is 1.15 bits per heavy atom. The number of hydrogen-bond donors (Lipinski definition) is 1. The summed E-state index contributed by atoms with van der Waals surface area (Å²) < 4.78 is 18.8. The lowest BCUT2D eigenvalue weighted by Gasteiger charge is -2.39. The molecule has 1 aliphatic rings. The minimum atomic E-state index is -0.422. The quantitative estimate of drug-likeness (QED) is 0.872. The molecule has 1 unspecified atom stereocenters. The summed E-state index contributed by atoms with van der Waals surface area (Å²) in [5.74, 6) is 0.674. The monoisotopic (exact) mass is 373 g/mol. The summed E-state index contributed by atoms with van der Waals surface area (Å²) in [6, 6.07) is 10.5. The molecule has 0 aliphatic carbocycles. The minimum Gasteiger partial charge on any atom is -0.468 e. The molecule has 1 N–H and O–H groups in total. The molecule has 6 heteroatoms. The van der Waals surface area contributed by atoms with Crippen molar-refractivity contribution in [3.63, 3.8) is 0 Å². The maximum absolute atomic E-state index is 13.1. The maximum Gasteiger partial charge on any atom is 0.225 e. The summed E-state index contributed by atoms with van der Waals surface area (Å²) in [6.45, 7) is 9.61. The molecular weight excluding hydrogens is 345 g/mol. The van der Waals surface area contributed by atoms with Crippen LogP contribution in [0.5, 0.6) is 0 Å². The van der Waals surface area contributed by atoms with E-state index >= 15 is 0 Å². The van der Waals surface area contributed by atoms with Gasteiger partial charge in [-0.15, -0.1) is 0 Å². The first-order chi connectivity index (χ1) is 12.8. The van der Waals surface area contributed by atoms with E-state index in [-0.39, 0.29) is 17.8 Å². The summed E-state index contributed by atoms with van der Waals surface area (Å²) in [5.41, 5.74) is 0.612. The second-order valence-electron chi connectivity index (χ2n) is 7.99. The van der Waals surface area contributed by atoms with E-state index in [2.05, 4.69) is 15.1 Å². The van der Waals surface area contributed by atoms with E-state index in [4.69, 9.17) is 4.42 Å². The van der Waals surface area contributed by atoms with Gasteiger partial charge in [-0.2, -0.15) is 0 Å². The van der Waals surface area contributed by atoms with Gasteiger partial charge in [0.2, 0.25) is 5.91 Å². The van der Waals surface area contributed by atoms with E-state index in [0.717, 1.165) is 37.6 Å². The molecule has 3 rings (SSSR count). The van der Waals surface area contributed by atoms with E-state index in [0.29, 0.717) is 6.54 Å². The van der Waals surface area contributed by atoms with Crippen LogP contribution in [0.25, 0.3) is 0 Å². The van der Waals surface area contributed by atoms with Crippen LogP contribution in [0.3, 0.4) is 0 Å². The summed E-state index contributed by atoms with van der Waals surface area (Å²) >= 11 is 0. The molecular formula is C21H28FN3O2. The Morgan fingerprint density at radius 3 is 2.37 bits per heavy atom. The van der Waals surface area contributed by atoms with Crippen molar-refractivity contribution < 1.29 is 13.6 Å². The van der Waals surface area contributed by atoms with Gasteiger partial charge in [-0.05, 0) is 36.4 Å². The lowest BCUT2D eigenvalue weighted by Crippen LogP contribution is -2.50. The van der Waals surface area contributed by atoms with Crippen molar-refractivity contribution in [2.75, 3.05) is 37.6 Å². The number of hydrogen-bond acceptors (Lipinski definition) is 4. The third-order valence-electron chi connectivity index (χ3n) is 4.96.